The third-order valence-electron chi connectivity index (χ3n) is 1.87. The summed E-state index contributed by atoms with van der Waals surface area (Å²) in [5.41, 5.74) is -0.196. The first-order chi connectivity index (χ1) is 7.75. The summed E-state index contributed by atoms with van der Waals surface area (Å²) in [5, 5.41) is 25.8. The van der Waals surface area contributed by atoms with Crippen LogP contribution in [0, 0.1) is 0 Å². The quantitative estimate of drug-likeness (QED) is 0.489. The van der Waals surface area contributed by atoms with Crippen LogP contribution in [0.4, 0.5) is 0 Å². The van der Waals surface area contributed by atoms with E-state index in [1.807, 2.05) is 0 Å². The smallest absolute Gasteiger partial charge is 0.331 e. The van der Waals surface area contributed by atoms with Gasteiger partial charge in [0.1, 0.15) is 0 Å². The number of hydrogen-bond donors (Lipinski definition) is 3. The second-order valence-corrected chi connectivity index (χ2v) is 3.19. The van der Waals surface area contributed by atoms with Crippen molar-refractivity contribution in [2.75, 3.05) is 0 Å². The molecule has 0 aromatic rings. The largest absolute Gasteiger partial charge is 0.478 e. The van der Waals surface area contributed by atoms with Gasteiger partial charge < -0.3 is 15.3 Å². The average Bonchev–Trinajstić information content (AvgIpc) is 2.22. The van der Waals surface area contributed by atoms with E-state index in [1.54, 1.807) is 0 Å². The minimum absolute atomic E-state index is 0.0276. The maximum atomic E-state index is 10.7. The molecule has 0 amide bonds. The van der Waals surface area contributed by atoms with Gasteiger partial charge in [0.25, 0.3) is 0 Å². The van der Waals surface area contributed by atoms with Crippen LogP contribution >= 0.6 is 0 Å². The van der Waals surface area contributed by atoms with Gasteiger partial charge in [-0.2, -0.15) is 0 Å². The molecule has 0 saturated carbocycles. The average molecular weight is 240 g/mol. The lowest BCUT2D eigenvalue weighted by Gasteiger charge is -2.00. The lowest BCUT2D eigenvalue weighted by Crippen LogP contribution is -2.02. The topological polar surface area (TPSA) is 112 Å². The monoisotopic (exact) mass is 240 g/mol. The molecule has 0 unspecified atom stereocenters. The van der Waals surface area contributed by atoms with E-state index in [0.717, 1.165) is 18.2 Å². The molecular weight excluding hydrogens is 228 g/mol. The molecule has 0 aliphatic heterocycles. The van der Waals surface area contributed by atoms with Crippen LogP contribution in [0.5, 0.6) is 0 Å². The number of rotatable bonds is 5. The zero-order chi connectivity index (χ0) is 13.6. The second kappa shape index (κ2) is 6.26. The Bertz CT molecular complexity index is 439. The number of carboxylic acids is 3. The number of carboxylic acid groups (broad SMARTS) is 3. The van der Waals surface area contributed by atoms with Crippen LogP contribution in [0.1, 0.15) is 13.8 Å². The Balaban J connectivity index is 5.51. The Labute approximate surface area is 97.2 Å². The predicted octanol–water partition coefficient (Wildman–Crippen LogP) is 1.06. The molecule has 17 heavy (non-hydrogen) atoms. The maximum absolute atomic E-state index is 10.7. The van der Waals surface area contributed by atoms with Crippen molar-refractivity contribution in [2.24, 2.45) is 0 Å². The highest BCUT2D eigenvalue weighted by atomic mass is 16.4. The Morgan fingerprint density at radius 2 is 1.41 bits per heavy atom. The van der Waals surface area contributed by atoms with E-state index in [0.29, 0.717) is 0 Å². The van der Waals surface area contributed by atoms with Gasteiger partial charge in [0.2, 0.25) is 0 Å². The van der Waals surface area contributed by atoms with Crippen molar-refractivity contribution in [3.05, 3.63) is 34.9 Å². The van der Waals surface area contributed by atoms with Gasteiger partial charge in [0.05, 0.1) is 0 Å². The first kappa shape index (κ1) is 14.6. The SMILES string of the molecule is CC(=CC(C=CC(=O)O)=C(C)C(=O)O)C(=O)O. The van der Waals surface area contributed by atoms with Crippen LogP contribution in [0.2, 0.25) is 0 Å². The number of allylic oxidation sites excluding steroid dienone is 3. The van der Waals surface area contributed by atoms with Crippen LogP contribution in [0.15, 0.2) is 34.9 Å². The predicted molar refractivity (Wildman–Crippen MR) is 58.5 cm³/mol. The van der Waals surface area contributed by atoms with E-state index in [9.17, 15) is 14.4 Å². The van der Waals surface area contributed by atoms with E-state index in [4.69, 9.17) is 15.3 Å². The van der Waals surface area contributed by atoms with E-state index in [2.05, 4.69) is 0 Å². The van der Waals surface area contributed by atoms with Crippen molar-refractivity contribution < 1.29 is 29.7 Å². The fourth-order valence-electron chi connectivity index (χ4n) is 0.861. The summed E-state index contributed by atoms with van der Waals surface area (Å²) in [6.45, 7) is 2.54. The molecule has 0 rings (SSSR count). The van der Waals surface area contributed by atoms with Gasteiger partial charge in [-0.15, -0.1) is 0 Å². The van der Waals surface area contributed by atoms with Crippen LogP contribution in [0.3, 0.4) is 0 Å². The standard InChI is InChI=1S/C11H12O6/c1-6(10(14)15)5-8(3-4-9(12)13)7(2)11(16)17/h3-5H,1-2H3,(H,12,13)(H,14,15)(H,16,17). The maximum Gasteiger partial charge on any atom is 0.331 e. The Hall–Kier alpha value is -2.37. The summed E-state index contributed by atoms with van der Waals surface area (Å²) in [5.74, 6) is -3.70. The van der Waals surface area contributed by atoms with E-state index in [1.165, 1.54) is 13.8 Å². The molecule has 0 fully saturated rings. The third-order valence-corrected chi connectivity index (χ3v) is 1.87. The minimum Gasteiger partial charge on any atom is -0.478 e. The van der Waals surface area contributed by atoms with Gasteiger partial charge in [-0.25, -0.2) is 14.4 Å². The van der Waals surface area contributed by atoms with Crippen molar-refractivity contribution in [3.63, 3.8) is 0 Å². The summed E-state index contributed by atoms with van der Waals surface area (Å²) in [6.07, 6.45) is 2.89. The highest BCUT2D eigenvalue weighted by Gasteiger charge is 2.08. The molecule has 6 nitrogen and oxygen atoms in total. The molecule has 0 radical (unpaired) electrons. The summed E-state index contributed by atoms with van der Waals surface area (Å²) < 4.78 is 0. The van der Waals surface area contributed by atoms with E-state index >= 15 is 0 Å². The molecule has 0 aliphatic rings. The first-order valence-corrected chi connectivity index (χ1v) is 4.52. The normalized spacial score (nSPS) is 13.4. The second-order valence-electron chi connectivity index (χ2n) is 3.19. The molecule has 6 heteroatoms. The van der Waals surface area contributed by atoms with Crippen molar-refractivity contribution in [1.29, 1.82) is 0 Å². The first-order valence-electron chi connectivity index (χ1n) is 4.52. The Morgan fingerprint density at radius 3 is 1.76 bits per heavy atom. The van der Waals surface area contributed by atoms with Gasteiger partial charge in [-0.1, -0.05) is 0 Å². The molecule has 0 saturated heterocycles. The molecule has 0 heterocycles. The van der Waals surface area contributed by atoms with Crippen LogP contribution < -0.4 is 0 Å². The van der Waals surface area contributed by atoms with Crippen LogP contribution in [-0.2, 0) is 14.4 Å². The number of aliphatic carboxylic acids is 3. The Morgan fingerprint density at radius 1 is 0.882 bits per heavy atom. The van der Waals surface area contributed by atoms with E-state index < -0.39 is 17.9 Å². The van der Waals surface area contributed by atoms with E-state index in [-0.39, 0.29) is 16.7 Å². The molecule has 0 atom stereocenters. The van der Waals surface area contributed by atoms with Gasteiger partial charge >= 0.3 is 17.9 Å². The van der Waals surface area contributed by atoms with Gasteiger partial charge in [0.15, 0.2) is 0 Å². The highest BCUT2D eigenvalue weighted by Crippen LogP contribution is 2.11. The van der Waals surface area contributed by atoms with Crippen molar-refractivity contribution in [3.8, 4) is 0 Å². The molecule has 92 valence electrons. The molecule has 0 aromatic carbocycles. The zero-order valence-corrected chi connectivity index (χ0v) is 9.30. The highest BCUT2D eigenvalue weighted by molar-refractivity contribution is 5.91. The van der Waals surface area contributed by atoms with Crippen molar-refractivity contribution in [1.82, 2.24) is 0 Å². The third kappa shape index (κ3) is 5.31. The molecule has 0 aromatic heterocycles. The summed E-state index contributed by atoms with van der Waals surface area (Å²) >= 11 is 0. The van der Waals surface area contributed by atoms with Crippen molar-refractivity contribution >= 4 is 17.9 Å². The summed E-state index contributed by atoms with van der Waals surface area (Å²) in [7, 11) is 0. The van der Waals surface area contributed by atoms with Crippen LogP contribution in [-0.4, -0.2) is 33.2 Å². The number of hydrogen-bond acceptors (Lipinski definition) is 3. The van der Waals surface area contributed by atoms with Crippen molar-refractivity contribution in [2.45, 2.75) is 13.8 Å². The van der Waals surface area contributed by atoms with Gasteiger partial charge in [-0.3, -0.25) is 0 Å². The molecule has 0 aliphatic carbocycles. The fraction of sp³-hybridized carbons (Fsp3) is 0.182. The lowest BCUT2D eigenvalue weighted by molar-refractivity contribution is -0.133. The fourth-order valence-corrected chi connectivity index (χ4v) is 0.861. The van der Waals surface area contributed by atoms with Gasteiger partial charge in [-0.05, 0) is 31.6 Å². The molecule has 0 bridgehead atoms. The van der Waals surface area contributed by atoms with Gasteiger partial charge in [0, 0.05) is 17.2 Å². The zero-order valence-electron chi connectivity index (χ0n) is 9.30. The lowest BCUT2D eigenvalue weighted by atomic mass is 10.1. The molecule has 0 spiro atoms. The summed E-state index contributed by atoms with van der Waals surface area (Å²) in [6, 6.07) is 0. The van der Waals surface area contributed by atoms with Crippen LogP contribution in [0.25, 0.3) is 0 Å². The molecule has 3 N–H and O–H groups in total. The number of carbonyl (C=O) groups is 3. The molecular formula is C11H12O6. The Kier molecular flexibility index (Phi) is 5.39. The summed E-state index contributed by atoms with van der Waals surface area (Å²) in [4.78, 5) is 31.6. The minimum atomic E-state index is -1.25.